The Labute approximate surface area is 119 Å². The minimum atomic E-state index is -1.25. The maximum Gasteiger partial charge on any atom is 0.327 e. The van der Waals surface area contributed by atoms with Crippen LogP contribution in [0.2, 0.25) is 0 Å². The molecule has 2 aliphatic carbocycles. The number of hydrogen-bond acceptors (Lipinski definition) is 4. The van der Waals surface area contributed by atoms with Crippen molar-refractivity contribution in [2.45, 2.75) is 27.7 Å². The van der Waals surface area contributed by atoms with Crippen molar-refractivity contribution in [2.24, 2.45) is 22.7 Å². The molecule has 2 aliphatic rings. The topological polar surface area (TPSA) is 52.6 Å². The molecule has 0 spiro atoms. The molecule has 0 aromatic rings. The lowest BCUT2D eigenvalue weighted by molar-refractivity contribution is -0.171. The van der Waals surface area contributed by atoms with Gasteiger partial charge in [0.15, 0.2) is 5.41 Å². The highest BCUT2D eigenvalue weighted by Crippen LogP contribution is 2.82. The van der Waals surface area contributed by atoms with E-state index in [-0.39, 0.29) is 17.3 Å². The fourth-order valence-corrected chi connectivity index (χ4v) is 4.19. The normalized spacial score (nSPS) is 33.2. The largest absolute Gasteiger partial charge is 0.468 e. The Hall–Kier alpha value is -1.58. The van der Waals surface area contributed by atoms with Gasteiger partial charge in [0, 0.05) is 5.92 Å². The van der Waals surface area contributed by atoms with Gasteiger partial charge >= 0.3 is 11.9 Å². The number of carbonyl (C=O) groups excluding carboxylic acids is 2. The summed E-state index contributed by atoms with van der Waals surface area (Å²) in [6, 6.07) is 0. The number of hydrogen-bond donors (Lipinski definition) is 0. The van der Waals surface area contributed by atoms with E-state index in [2.05, 4.69) is 13.0 Å². The molecule has 110 valence electrons. The molecule has 0 radical (unpaired) electrons. The van der Waals surface area contributed by atoms with Crippen molar-refractivity contribution in [1.29, 1.82) is 0 Å². The Bertz CT molecular complexity index is 509. The van der Waals surface area contributed by atoms with Crippen LogP contribution in [0.3, 0.4) is 0 Å². The van der Waals surface area contributed by atoms with E-state index in [1.807, 2.05) is 26.8 Å². The van der Waals surface area contributed by atoms with Gasteiger partial charge in [-0.25, -0.2) is 0 Å². The van der Waals surface area contributed by atoms with Gasteiger partial charge in [-0.05, 0) is 37.7 Å². The summed E-state index contributed by atoms with van der Waals surface area (Å²) in [4.78, 5) is 24.8. The van der Waals surface area contributed by atoms with Crippen molar-refractivity contribution in [1.82, 2.24) is 0 Å². The summed E-state index contributed by atoms with van der Waals surface area (Å²) in [6.07, 6.45) is 4.05. The van der Waals surface area contributed by atoms with Gasteiger partial charge in [-0.2, -0.15) is 0 Å². The van der Waals surface area contributed by atoms with E-state index in [9.17, 15) is 9.59 Å². The van der Waals surface area contributed by atoms with Crippen molar-refractivity contribution in [3.8, 4) is 0 Å². The monoisotopic (exact) mass is 278 g/mol. The van der Waals surface area contributed by atoms with E-state index in [1.165, 1.54) is 14.2 Å². The van der Waals surface area contributed by atoms with E-state index in [4.69, 9.17) is 9.47 Å². The molecule has 0 saturated heterocycles. The summed E-state index contributed by atoms with van der Waals surface area (Å²) in [5, 5.41) is 0. The Balaban J connectivity index is 2.60. The molecule has 1 unspecified atom stereocenters. The third-order valence-electron chi connectivity index (χ3n) is 4.85. The minimum absolute atomic E-state index is 0.0593. The van der Waals surface area contributed by atoms with Gasteiger partial charge in [0.05, 0.1) is 14.2 Å². The number of methoxy groups -OCH3 is 2. The highest BCUT2D eigenvalue weighted by Gasteiger charge is 2.86. The first-order chi connectivity index (χ1) is 9.33. The zero-order valence-electron chi connectivity index (χ0n) is 12.9. The zero-order valence-corrected chi connectivity index (χ0v) is 12.9. The second-order valence-corrected chi connectivity index (χ2v) is 6.03. The molecule has 0 bridgehead atoms. The van der Waals surface area contributed by atoms with Crippen LogP contribution in [0.25, 0.3) is 0 Å². The fourth-order valence-electron chi connectivity index (χ4n) is 4.19. The number of rotatable bonds is 3. The summed E-state index contributed by atoms with van der Waals surface area (Å²) in [6.45, 7) is 7.89. The molecule has 0 heterocycles. The highest BCUT2D eigenvalue weighted by atomic mass is 16.5. The third kappa shape index (κ3) is 1.42. The van der Waals surface area contributed by atoms with E-state index in [0.29, 0.717) is 0 Å². The fraction of sp³-hybridized carbons (Fsp3) is 0.625. The second kappa shape index (κ2) is 4.47. The molecule has 3 atom stereocenters. The standard InChI is InChI=1S/C16H22O4/c1-7-8-15(4)11-10(9(2)3)16(12(11)15,13(17)19-5)14(18)20-6/h7-8,11-12H,1-6H3/b8-7+/t11-,12+,15?/m0/s1. The first-order valence-electron chi connectivity index (χ1n) is 6.82. The molecule has 0 amide bonds. The first-order valence-corrected chi connectivity index (χ1v) is 6.82. The number of allylic oxidation sites excluding steroid dienone is 3. The van der Waals surface area contributed by atoms with Gasteiger partial charge < -0.3 is 9.47 Å². The smallest absolute Gasteiger partial charge is 0.327 e. The van der Waals surface area contributed by atoms with Crippen molar-refractivity contribution in [2.75, 3.05) is 14.2 Å². The molecule has 2 fully saturated rings. The quantitative estimate of drug-likeness (QED) is 0.452. The molecule has 2 rings (SSSR count). The number of carbonyl (C=O) groups is 2. The molecule has 0 aromatic heterocycles. The summed E-state index contributed by atoms with van der Waals surface area (Å²) in [5.74, 6) is -0.831. The average molecular weight is 278 g/mol. The van der Waals surface area contributed by atoms with E-state index in [1.54, 1.807) is 0 Å². The van der Waals surface area contributed by atoms with Crippen LogP contribution in [0.5, 0.6) is 0 Å². The van der Waals surface area contributed by atoms with Gasteiger partial charge in [-0.15, -0.1) is 0 Å². The summed E-state index contributed by atoms with van der Waals surface area (Å²) in [7, 11) is 2.64. The number of fused-ring (bicyclic) bond motifs is 1. The third-order valence-corrected chi connectivity index (χ3v) is 4.85. The summed E-state index contributed by atoms with van der Waals surface area (Å²) in [5.41, 5.74) is 0.461. The molecule has 0 N–H and O–H groups in total. The summed E-state index contributed by atoms with van der Waals surface area (Å²) < 4.78 is 9.86. The number of esters is 2. The van der Waals surface area contributed by atoms with Crippen LogP contribution < -0.4 is 0 Å². The lowest BCUT2D eigenvalue weighted by Crippen LogP contribution is -2.51. The van der Waals surface area contributed by atoms with Crippen molar-refractivity contribution in [3.63, 3.8) is 0 Å². The Morgan fingerprint density at radius 2 is 1.65 bits per heavy atom. The zero-order chi connectivity index (χ0) is 15.3. The van der Waals surface area contributed by atoms with Gasteiger partial charge in [-0.3, -0.25) is 9.59 Å². The Morgan fingerprint density at radius 1 is 1.15 bits per heavy atom. The first kappa shape index (κ1) is 14.8. The maximum atomic E-state index is 12.4. The molecule has 4 heteroatoms. The van der Waals surface area contributed by atoms with E-state index < -0.39 is 17.4 Å². The Kier molecular flexibility index (Phi) is 3.31. The van der Waals surface area contributed by atoms with Crippen LogP contribution >= 0.6 is 0 Å². The van der Waals surface area contributed by atoms with Gasteiger partial charge in [0.1, 0.15) is 0 Å². The molecule has 0 aliphatic heterocycles. The summed E-state index contributed by atoms with van der Waals surface area (Å²) >= 11 is 0. The van der Waals surface area contributed by atoms with Gasteiger partial charge in [0.2, 0.25) is 0 Å². The lowest BCUT2D eigenvalue weighted by Gasteiger charge is -2.39. The molecule has 2 saturated carbocycles. The van der Waals surface area contributed by atoms with Crippen LogP contribution in [-0.2, 0) is 19.1 Å². The van der Waals surface area contributed by atoms with Crippen molar-refractivity contribution in [3.05, 3.63) is 23.3 Å². The van der Waals surface area contributed by atoms with Crippen molar-refractivity contribution >= 4 is 11.9 Å². The van der Waals surface area contributed by atoms with Gasteiger partial charge in [-0.1, -0.05) is 24.6 Å². The van der Waals surface area contributed by atoms with Gasteiger partial charge in [0.25, 0.3) is 0 Å². The SMILES string of the molecule is C/C=C/C1(C)[C@H]2C(=C(C)C)C(C(=O)OC)(C(=O)OC)[C@H]21. The Morgan fingerprint density at radius 3 is 2.00 bits per heavy atom. The van der Waals surface area contributed by atoms with Crippen LogP contribution in [-0.4, -0.2) is 26.2 Å². The molecule has 4 nitrogen and oxygen atoms in total. The highest BCUT2D eigenvalue weighted by molar-refractivity contribution is 6.08. The molecule has 0 aromatic carbocycles. The van der Waals surface area contributed by atoms with E-state index in [0.717, 1.165) is 11.1 Å². The maximum absolute atomic E-state index is 12.4. The van der Waals surface area contributed by atoms with Crippen LogP contribution in [0.4, 0.5) is 0 Å². The van der Waals surface area contributed by atoms with Crippen LogP contribution in [0.1, 0.15) is 27.7 Å². The predicted molar refractivity (Wildman–Crippen MR) is 74.7 cm³/mol. The lowest BCUT2D eigenvalue weighted by atomic mass is 9.62. The average Bonchev–Trinajstić information content (AvgIpc) is 2.87. The van der Waals surface area contributed by atoms with Crippen LogP contribution in [0, 0.1) is 22.7 Å². The van der Waals surface area contributed by atoms with Crippen molar-refractivity contribution < 1.29 is 19.1 Å². The van der Waals surface area contributed by atoms with Crippen LogP contribution in [0.15, 0.2) is 23.3 Å². The minimum Gasteiger partial charge on any atom is -0.468 e. The second-order valence-electron chi connectivity index (χ2n) is 6.03. The van der Waals surface area contributed by atoms with E-state index >= 15 is 0 Å². The molecule has 20 heavy (non-hydrogen) atoms. The molecular weight excluding hydrogens is 256 g/mol. The molecular formula is C16H22O4. The predicted octanol–water partition coefficient (Wildman–Crippen LogP) is 2.50. The number of ether oxygens (including phenoxy) is 2.